The molecule has 0 bridgehead atoms. The van der Waals surface area contributed by atoms with Gasteiger partial charge in [-0.3, -0.25) is 9.59 Å². The van der Waals surface area contributed by atoms with Crippen molar-refractivity contribution in [2.75, 3.05) is 16.8 Å². The van der Waals surface area contributed by atoms with Gasteiger partial charge in [-0.25, -0.2) is 0 Å². The third-order valence-corrected chi connectivity index (χ3v) is 4.90. The first-order chi connectivity index (χ1) is 12.2. The zero-order valence-electron chi connectivity index (χ0n) is 15.3. The van der Waals surface area contributed by atoms with Gasteiger partial charge in [0.1, 0.15) is 0 Å². The molecule has 2 aromatic carbocycles. The molecular weight excluding hydrogens is 348 g/mol. The third kappa shape index (κ3) is 4.07. The van der Waals surface area contributed by atoms with E-state index < -0.39 is 0 Å². The molecule has 136 valence electrons. The predicted molar refractivity (Wildman–Crippen MR) is 106 cm³/mol. The number of amides is 2. The van der Waals surface area contributed by atoms with E-state index in [1.54, 1.807) is 29.2 Å². The van der Waals surface area contributed by atoms with E-state index in [0.29, 0.717) is 11.6 Å². The molecule has 0 aromatic heterocycles. The Morgan fingerprint density at radius 3 is 2.27 bits per heavy atom. The van der Waals surface area contributed by atoms with Gasteiger partial charge in [-0.2, -0.15) is 0 Å². The Hall–Kier alpha value is -2.33. The van der Waals surface area contributed by atoms with Crippen LogP contribution >= 0.6 is 11.6 Å². The summed E-state index contributed by atoms with van der Waals surface area (Å²) in [6, 6.07) is 14.9. The molecular formula is C21H23ClN2O2. The summed E-state index contributed by atoms with van der Waals surface area (Å²) >= 11 is 5.90. The molecule has 0 radical (unpaired) electrons. The highest BCUT2D eigenvalue weighted by Crippen LogP contribution is 2.28. The van der Waals surface area contributed by atoms with Gasteiger partial charge in [0.2, 0.25) is 11.8 Å². The summed E-state index contributed by atoms with van der Waals surface area (Å²) in [4.78, 5) is 26.5. The first-order valence-corrected chi connectivity index (χ1v) is 9.09. The molecule has 0 spiro atoms. The second kappa shape index (κ2) is 7.12. The third-order valence-electron chi connectivity index (χ3n) is 4.65. The van der Waals surface area contributed by atoms with Crippen LogP contribution < -0.4 is 10.2 Å². The van der Waals surface area contributed by atoms with E-state index in [0.717, 1.165) is 11.4 Å². The lowest BCUT2D eigenvalue weighted by molar-refractivity contribution is -0.122. The highest BCUT2D eigenvalue weighted by atomic mass is 35.5. The second-order valence-corrected chi connectivity index (χ2v) is 8.13. The molecule has 0 aliphatic carbocycles. The van der Waals surface area contributed by atoms with Crippen molar-refractivity contribution in [1.29, 1.82) is 0 Å². The van der Waals surface area contributed by atoms with Crippen LogP contribution in [0.5, 0.6) is 0 Å². The van der Waals surface area contributed by atoms with Crippen molar-refractivity contribution < 1.29 is 9.59 Å². The fourth-order valence-electron chi connectivity index (χ4n) is 3.05. The van der Waals surface area contributed by atoms with Crippen LogP contribution in [0.4, 0.5) is 11.4 Å². The van der Waals surface area contributed by atoms with Crippen LogP contribution in [-0.4, -0.2) is 18.4 Å². The molecule has 1 fully saturated rings. The van der Waals surface area contributed by atoms with Crippen LogP contribution in [0.15, 0.2) is 48.5 Å². The molecule has 26 heavy (non-hydrogen) atoms. The van der Waals surface area contributed by atoms with Gasteiger partial charge in [0, 0.05) is 29.4 Å². The van der Waals surface area contributed by atoms with Gasteiger partial charge in [0.15, 0.2) is 0 Å². The molecule has 0 saturated carbocycles. The number of carbonyl (C=O) groups is 2. The quantitative estimate of drug-likeness (QED) is 0.856. The fourth-order valence-corrected chi connectivity index (χ4v) is 3.18. The van der Waals surface area contributed by atoms with Crippen LogP contribution in [-0.2, 0) is 15.0 Å². The molecule has 1 atom stereocenters. The molecule has 2 amide bonds. The van der Waals surface area contributed by atoms with Crippen LogP contribution in [0, 0.1) is 5.92 Å². The molecule has 3 rings (SSSR count). The lowest BCUT2D eigenvalue weighted by Gasteiger charge is -2.19. The largest absolute Gasteiger partial charge is 0.326 e. The Labute approximate surface area is 159 Å². The molecule has 4 nitrogen and oxygen atoms in total. The van der Waals surface area contributed by atoms with Crippen molar-refractivity contribution in [2.24, 2.45) is 5.92 Å². The number of rotatable bonds is 3. The maximum absolute atomic E-state index is 12.6. The van der Waals surface area contributed by atoms with Crippen molar-refractivity contribution in [3.8, 4) is 0 Å². The average molecular weight is 371 g/mol. The number of nitrogens with one attached hydrogen (secondary N) is 1. The summed E-state index contributed by atoms with van der Waals surface area (Å²) < 4.78 is 0. The van der Waals surface area contributed by atoms with Gasteiger partial charge in [-0.1, -0.05) is 44.5 Å². The van der Waals surface area contributed by atoms with E-state index in [-0.39, 0.29) is 29.6 Å². The lowest BCUT2D eigenvalue weighted by Crippen LogP contribution is -2.28. The number of halogens is 1. The van der Waals surface area contributed by atoms with Gasteiger partial charge in [-0.15, -0.1) is 0 Å². The summed E-state index contributed by atoms with van der Waals surface area (Å²) in [5.41, 5.74) is 2.80. The number of benzene rings is 2. The van der Waals surface area contributed by atoms with Gasteiger partial charge < -0.3 is 10.2 Å². The van der Waals surface area contributed by atoms with Gasteiger partial charge in [0.25, 0.3) is 0 Å². The summed E-state index contributed by atoms with van der Waals surface area (Å²) in [6.07, 6.45) is 0.217. The van der Waals surface area contributed by atoms with E-state index in [9.17, 15) is 9.59 Å². The Morgan fingerprint density at radius 1 is 1.08 bits per heavy atom. The lowest BCUT2D eigenvalue weighted by atomic mass is 9.87. The Balaban J connectivity index is 1.65. The van der Waals surface area contributed by atoms with Gasteiger partial charge >= 0.3 is 0 Å². The van der Waals surface area contributed by atoms with Crippen LogP contribution in [0.25, 0.3) is 0 Å². The van der Waals surface area contributed by atoms with Crippen LogP contribution in [0.3, 0.4) is 0 Å². The highest BCUT2D eigenvalue weighted by molar-refractivity contribution is 6.30. The maximum atomic E-state index is 12.6. The predicted octanol–water partition coefficient (Wildman–Crippen LogP) is 4.63. The summed E-state index contributed by atoms with van der Waals surface area (Å²) in [5.74, 6) is -0.533. The molecule has 0 unspecified atom stereocenters. The van der Waals surface area contributed by atoms with Crippen LogP contribution in [0.2, 0.25) is 5.02 Å². The Morgan fingerprint density at radius 2 is 1.69 bits per heavy atom. The topological polar surface area (TPSA) is 49.4 Å². The fraction of sp³-hybridized carbons (Fsp3) is 0.333. The minimum Gasteiger partial charge on any atom is -0.326 e. The molecule has 1 aliphatic heterocycles. The monoisotopic (exact) mass is 370 g/mol. The second-order valence-electron chi connectivity index (χ2n) is 7.70. The number of nitrogens with zero attached hydrogens (tertiary/aromatic N) is 1. The van der Waals surface area contributed by atoms with Crippen molar-refractivity contribution >= 4 is 34.8 Å². The zero-order valence-corrected chi connectivity index (χ0v) is 16.0. The SMILES string of the molecule is CC(C)(C)c1ccc(NC(=O)[C@@H]2CC(=O)N(c3ccc(Cl)cc3)C2)cc1. The minimum atomic E-state index is -0.361. The zero-order chi connectivity index (χ0) is 18.9. The van der Waals surface area contributed by atoms with E-state index in [2.05, 4.69) is 26.1 Å². The van der Waals surface area contributed by atoms with E-state index in [1.807, 2.05) is 24.3 Å². The van der Waals surface area contributed by atoms with E-state index in [1.165, 1.54) is 5.56 Å². The van der Waals surface area contributed by atoms with Gasteiger partial charge in [-0.05, 0) is 47.4 Å². The first kappa shape index (κ1) is 18.5. The normalized spacial score (nSPS) is 17.5. The minimum absolute atomic E-state index is 0.0458. The van der Waals surface area contributed by atoms with Crippen LogP contribution in [0.1, 0.15) is 32.8 Å². The number of hydrogen-bond donors (Lipinski definition) is 1. The Kier molecular flexibility index (Phi) is 5.05. The smallest absolute Gasteiger partial charge is 0.229 e. The number of hydrogen-bond acceptors (Lipinski definition) is 2. The number of anilines is 2. The summed E-state index contributed by atoms with van der Waals surface area (Å²) in [6.45, 7) is 6.83. The molecule has 5 heteroatoms. The Bertz CT molecular complexity index is 807. The standard InChI is InChI=1S/C21H23ClN2O2/c1-21(2,3)15-4-8-17(9-5-15)23-20(26)14-12-19(25)24(13-14)18-10-6-16(22)7-11-18/h4-11,14H,12-13H2,1-3H3,(H,23,26)/t14-/m1/s1. The first-order valence-electron chi connectivity index (χ1n) is 8.71. The summed E-state index contributed by atoms with van der Waals surface area (Å²) in [7, 11) is 0. The molecule has 1 aliphatic rings. The van der Waals surface area contributed by atoms with Crippen molar-refractivity contribution in [1.82, 2.24) is 0 Å². The van der Waals surface area contributed by atoms with Crippen molar-refractivity contribution in [2.45, 2.75) is 32.6 Å². The number of carbonyl (C=O) groups excluding carboxylic acids is 2. The molecule has 1 N–H and O–H groups in total. The van der Waals surface area contributed by atoms with Crippen molar-refractivity contribution in [3.63, 3.8) is 0 Å². The molecule has 1 saturated heterocycles. The molecule has 2 aromatic rings. The average Bonchev–Trinajstić information content (AvgIpc) is 2.97. The molecule has 1 heterocycles. The highest BCUT2D eigenvalue weighted by Gasteiger charge is 2.35. The maximum Gasteiger partial charge on any atom is 0.229 e. The van der Waals surface area contributed by atoms with Crippen molar-refractivity contribution in [3.05, 3.63) is 59.1 Å². The van der Waals surface area contributed by atoms with E-state index in [4.69, 9.17) is 11.6 Å². The summed E-state index contributed by atoms with van der Waals surface area (Å²) in [5, 5.41) is 3.54. The van der Waals surface area contributed by atoms with E-state index >= 15 is 0 Å². The van der Waals surface area contributed by atoms with Gasteiger partial charge in [0.05, 0.1) is 5.92 Å².